The molecule has 0 aliphatic carbocycles. The molecular weight excluding hydrogens is 555 g/mol. The summed E-state index contributed by atoms with van der Waals surface area (Å²) in [6.07, 6.45) is -0.992. The molecule has 2 aliphatic rings. The molecule has 0 N–H and O–H groups in total. The Morgan fingerprint density at radius 1 is 1.00 bits per heavy atom. The third-order valence-electron chi connectivity index (χ3n) is 7.86. The van der Waals surface area contributed by atoms with Gasteiger partial charge in [0.2, 0.25) is 11.8 Å². The van der Waals surface area contributed by atoms with Gasteiger partial charge in [-0.3, -0.25) is 0 Å². The number of fused-ring (bicyclic) bond motifs is 3. The summed E-state index contributed by atoms with van der Waals surface area (Å²) in [5.41, 5.74) is 2.37. The molecule has 0 saturated heterocycles. The molecule has 2 aliphatic heterocycles. The van der Waals surface area contributed by atoms with Crippen molar-refractivity contribution in [3.8, 4) is 11.5 Å². The summed E-state index contributed by atoms with van der Waals surface area (Å²) in [7, 11) is 3.28. The van der Waals surface area contributed by atoms with Crippen molar-refractivity contribution in [3.05, 3.63) is 45.9 Å². The van der Waals surface area contributed by atoms with Gasteiger partial charge in [-0.2, -0.15) is 18.2 Å². The highest BCUT2D eigenvalue weighted by atomic mass is 32.1. The summed E-state index contributed by atoms with van der Waals surface area (Å²) < 4.78 is 52.7. The molecular formula is C28H32F3N7O2S. The van der Waals surface area contributed by atoms with E-state index < -0.39 is 12.0 Å². The molecule has 13 heteroatoms. The fourth-order valence-corrected chi connectivity index (χ4v) is 7.06. The van der Waals surface area contributed by atoms with Crippen molar-refractivity contribution in [1.29, 1.82) is 0 Å². The second-order valence-electron chi connectivity index (χ2n) is 10.3. The van der Waals surface area contributed by atoms with Crippen molar-refractivity contribution in [3.63, 3.8) is 0 Å². The van der Waals surface area contributed by atoms with E-state index in [0.29, 0.717) is 24.0 Å². The molecule has 3 aromatic heterocycles. The number of aromatic nitrogens is 5. The number of benzene rings is 1. The molecule has 0 amide bonds. The Kier molecular flexibility index (Phi) is 7.16. The lowest BCUT2D eigenvalue weighted by atomic mass is 9.90. The number of anilines is 2. The number of alkyl halides is 3. The molecule has 1 aromatic carbocycles. The van der Waals surface area contributed by atoms with Gasteiger partial charge in [-0.15, -0.1) is 21.5 Å². The van der Waals surface area contributed by atoms with Gasteiger partial charge in [-0.25, -0.2) is 4.98 Å². The second-order valence-corrected chi connectivity index (χ2v) is 11.4. The van der Waals surface area contributed by atoms with Crippen molar-refractivity contribution >= 4 is 33.3 Å². The zero-order valence-corrected chi connectivity index (χ0v) is 24.3. The van der Waals surface area contributed by atoms with Crippen LogP contribution in [0.3, 0.4) is 0 Å². The highest BCUT2D eigenvalue weighted by Crippen LogP contribution is 2.42. The minimum Gasteiger partial charge on any atom is -0.493 e. The molecule has 4 aromatic rings. The number of methoxy groups -OCH3 is 2. The lowest BCUT2D eigenvalue weighted by Gasteiger charge is -2.38. The second kappa shape index (κ2) is 10.7. The predicted molar refractivity (Wildman–Crippen MR) is 151 cm³/mol. The number of ether oxygens (including phenoxy) is 2. The van der Waals surface area contributed by atoms with Crippen LogP contribution < -0.4 is 19.3 Å². The summed E-state index contributed by atoms with van der Waals surface area (Å²) >= 11 is 1.65. The van der Waals surface area contributed by atoms with Gasteiger partial charge >= 0.3 is 6.18 Å². The minimum absolute atomic E-state index is 0.0257. The van der Waals surface area contributed by atoms with Crippen LogP contribution in [0.15, 0.2) is 18.2 Å². The smallest absolute Gasteiger partial charge is 0.451 e. The van der Waals surface area contributed by atoms with E-state index in [0.717, 1.165) is 53.8 Å². The van der Waals surface area contributed by atoms with Gasteiger partial charge in [-0.05, 0) is 48.6 Å². The molecule has 0 bridgehead atoms. The zero-order valence-electron chi connectivity index (χ0n) is 23.5. The number of aryl methyl sites for hydroxylation is 1. The van der Waals surface area contributed by atoms with Crippen LogP contribution in [0.1, 0.15) is 60.4 Å². The van der Waals surface area contributed by atoms with E-state index in [9.17, 15) is 13.2 Å². The molecule has 0 radical (unpaired) electrons. The van der Waals surface area contributed by atoms with Crippen LogP contribution in [-0.2, 0) is 32.1 Å². The van der Waals surface area contributed by atoms with Crippen molar-refractivity contribution < 1.29 is 22.6 Å². The predicted octanol–water partition coefficient (Wildman–Crippen LogP) is 5.81. The molecule has 1 atom stereocenters. The van der Waals surface area contributed by atoms with Gasteiger partial charge < -0.3 is 23.8 Å². The third kappa shape index (κ3) is 4.83. The number of thiophene rings is 1. The van der Waals surface area contributed by atoms with Crippen LogP contribution in [0.25, 0.3) is 10.2 Å². The highest BCUT2D eigenvalue weighted by molar-refractivity contribution is 7.18. The maximum Gasteiger partial charge on any atom is 0.451 e. The normalized spacial score (nSPS) is 17.1. The topological polar surface area (TPSA) is 81.4 Å². The standard InChI is InChI=1S/C28H32F3N7O2S/c1-5-7-17-13-19-24(36-10-11-38-23(15-36)34-35-26(38)28(29,30)31)32-27(33-25(19)41-17)37-9-8-16-12-21(39-3)22(40-4)14-18(16)20(37)6-2/h12-14,20H,5-11,15H2,1-4H3. The zero-order chi connectivity index (χ0) is 28.9. The fraction of sp³-hybridized carbons (Fsp3) is 0.500. The van der Waals surface area contributed by atoms with Crippen LogP contribution >= 0.6 is 11.3 Å². The van der Waals surface area contributed by atoms with Crippen molar-refractivity contribution in [1.82, 2.24) is 24.7 Å². The van der Waals surface area contributed by atoms with Gasteiger partial charge in [0.15, 0.2) is 17.3 Å². The van der Waals surface area contributed by atoms with Crippen molar-refractivity contribution in [2.75, 3.05) is 37.1 Å². The SMILES string of the molecule is CCCc1cc2c(N3CCn4c(nnc4C(F)(F)F)C3)nc(N3CCc4cc(OC)c(OC)cc4C3CC)nc2s1. The third-order valence-corrected chi connectivity index (χ3v) is 8.95. The summed E-state index contributed by atoms with van der Waals surface area (Å²) in [4.78, 5) is 16.5. The summed E-state index contributed by atoms with van der Waals surface area (Å²) in [5.74, 6) is 2.06. The molecule has 0 fully saturated rings. The Labute approximate surface area is 239 Å². The van der Waals surface area contributed by atoms with E-state index in [2.05, 4.69) is 41.1 Å². The molecule has 0 spiro atoms. The van der Waals surface area contributed by atoms with E-state index in [1.165, 1.54) is 15.0 Å². The molecule has 5 heterocycles. The largest absolute Gasteiger partial charge is 0.493 e. The monoisotopic (exact) mass is 587 g/mol. The van der Waals surface area contributed by atoms with Crippen LogP contribution in [0.5, 0.6) is 11.5 Å². The van der Waals surface area contributed by atoms with E-state index in [-0.39, 0.29) is 25.0 Å². The number of rotatable bonds is 7. The first-order valence-electron chi connectivity index (χ1n) is 13.8. The Morgan fingerprint density at radius 2 is 1.78 bits per heavy atom. The summed E-state index contributed by atoms with van der Waals surface area (Å²) in [6, 6.07) is 6.26. The van der Waals surface area contributed by atoms with Gasteiger partial charge in [0, 0.05) is 24.5 Å². The molecule has 9 nitrogen and oxygen atoms in total. The van der Waals surface area contributed by atoms with Crippen LogP contribution in [-0.4, -0.2) is 52.0 Å². The molecule has 218 valence electrons. The average Bonchev–Trinajstić information content (AvgIpc) is 3.59. The van der Waals surface area contributed by atoms with E-state index in [4.69, 9.17) is 19.4 Å². The van der Waals surface area contributed by atoms with Gasteiger partial charge in [0.25, 0.3) is 0 Å². The van der Waals surface area contributed by atoms with Crippen molar-refractivity contribution in [2.24, 2.45) is 0 Å². The highest BCUT2D eigenvalue weighted by Gasteiger charge is 2.40. The molecule has 41 heavy (non-hydrogen) atoms. The number of halogens is 3. The Morgan fingerprint density at radius 3 is 2.49 bits per heavy atom. The Bertz CT molecular complexity index is 1590. The lowest BCUT2D eigenvalue weighted by Crippen LogP contribution is -2.38. The lowest BCUT2D eigenvalue weighted by molar-refractivity contribution is -0.147. The first kappa shape index (κ1) is 27.6. The van der Waals surface area contributed by atoms with Gasteiger partial charge in [0.1, 0.15) is 10.6 Å². The van der Waals surface area contributed by atoms with Crippen molar-refractivity contribution in [2.45, 2.75) is 64.8 Å². The summed E-state index contributed by atoms with van der Waals surface area (Å²) in [5, 5.41) is 8.26. The maximum atomic E-state index is 13.5. The molecule has 6 rings (SSSR count). The van der Waals surface area contributed by atoms with Crippen LogP contribution in [0, 0.1) is 0 Å². The first-order chi connectivity index (χ1) is 19.7. The van der Waals surface area contributed by atoms with E-state index >= 15 is 0 Å². The Balaban J connectivity index is 1.42. The van der Waals surface area contributed by atoms with Crippen LogP contribution in [0.2, 0.25) is 0 Å². The van der Waals surface area contributed by atoms with E-state index in [1.807, 2.05) is 11.0 Å². The number of hydrogen-bond acceptors (Lipinski definition) is 9. The first-order valence-corrected chi connectivity index (χ1v) is 14.6. The van der Waals surface area contributed by atoms with E-state index in [1.54, 1.807) is 25.6 Å². The maximum absolute atomic E-state index is 13.5. The van der Waals surface area contributed by atoms with Crippen LogP contribution in [0.4, 0.5) is 24.9 Å². The number of nitrogens with zero attached hydrogens (tertiary/aromatic N) is 7. The van der Waals surface area contributed by atoms with Gasteiger partial charge in [0.05, 0.1) is 32.2 Å². The average molecular weight is 588 g/mol. The Hall–Kier alpha value is -3.61. The van der Waals surface area contributed by atoms with Gasteiger partial charge in [-0.1, -0.05) is 20.3 Å². The molecule has 0 saturated carbocycles. The molecule has 1 unspecified atom stereocenters. The quantitative estimate of drug-likeness (QED) is 0.268. The summed E-state index contributed by atoms with van der Waals surface area (Å²) in [6.45, 7) is 5.67. The number of hydrogen-bond donors (Lipinski definition) is 0. The fourth-order valence-electron chi connectivity index (χ4n) is 5.94. The minimum atomic E-state index is -4.54.